The molecule has 2 amide bonds. The summed E-state index contributed by atoms with van der Waals surface area (Å²) in [6.45, 7) is 4.82. The number of benzene rings is 1. The number of hydrogen-bond donors (Lipinski definition) is 1. The Hall–Kier alpha value is -1.72. The molecule has 20 heavy (non-hydrogen) atoms. The number of carbonyl (C=O) groups is 2. The molecular weight excluding hydrogens is 256 g/mol. The zero-order valence-electron chi connectivity index (χ0n) is 11.7. The second-order valence-electron chi connectivity index (χ2n) is 4.82. The minimum Gasteiger partial charge on any atom is -0.395 e. The topological polar surface area (TPSA) is 60.9 Å². The molecule has 1 aliphatic rings. The molecule has 1 heterocycles. The summed E-state index contributed by atoms with van der Waals surface area (Å²) in [5.41, 5.74) is 1.00. The van der Waals surface area contributed by atoms with Crippen molar-refractivity contribution in [1.82, 2.24) is 9.80 Å². The van der Waals surface area contributed by atoms with Gasteiger partial charge in [0.1, 0.15) is 0 Å². The van der Waals surface area contributed by atoms with Crippen LogP contribution < -0.4 is 0 Å². The Labute approximate surface area is 118 Å². The second kappa shape index (κ2) is 6.63. The molecule has 5 heteroatoms. The van der Waals surface area contributed by atoms with Crippen LogP contribution in [0.3, 0.4) is 0 Å². The van der Waals surface area contributed by atoms with Crippen molar-refractivity contribution in [3.63, 3.8) is 0 Å². The number of aliphatic hydroxyl groups excluding tert-OH is 1. The number of nitrogens with zero attached hydrogens (tertiary/aromatic N) is 2. The normalized spacial score (nSPS) is 14.2. The van der Waals surface area contributed by atoms with Gasteiger partial charge in [0.25, 0.3) is 11.8 Å². The first-order chi connectivity index (χ1) is 9.69. The van der Waals surface area contributed by atoms with E-state index < -0.39 is 0 Å². The number of likely N-dealkylation sites (N-methyl/N-ethyl adjacent to an activating group) is 1. The quantitative estimate of drug-likeness (QED) is 0.754. The molecule has 0 saturated heterocycles. The Morgan fingerprint density at radius 3 is 2.20 bits per heavy atom. The van der Waals surface area contributed by atoms with Gasteiger partial charge >= 0.3 is 0 Å². The zero-order valence-corrected chi connectivity index (χ0v) is 11.7. The van der Waals surface area contributed by atoms with Crippen LogP contribution in [0.1, 0.15) is 34.1 Å². The summed E-state index contributed by atoms with van der Waals surface area (Å²) in [4.78, 5) is 27.7. The van der Waals surface area contributed by atoms with Gasteiger partial charge in [-0.3, -0.25) is 14.5 Å². The van der Waals surface area contributed by atoms with Crippen molar-refractivity contribution in [3.8, 4) is 0 Å². The van der Waals surface area contributed by atoms with Crippen molar-refractivity contribution in [2.24, 2.45) is 0 Å². The van der Waals surface area contributed by atoms with Crippen molar-refractivity contribution in [2.45, 2.75) is 13.3 Å². The van der Waals surface area contributed by atoms with Crippen LogP contribution >= 0.6 is 0 Å². The molecule has 5 nitrogen and oxygen atoms in total. The molecule has 1 N–H and O–H groups in total. The summed E-state index contributed by atoms with van der Waals surface area (Å²) >= 11 is 0. The van der Waals surface area contributed by atoms with Gasteiger partial charge in [0.2, 0.25) is 0 Å². The van der Waals surface area contributed by atoms with Gasteiger partial charge in [-0.2, -0.15) is 0 Å². The molecule has 1 aliphatic heterocycles. The lowest BCUT2D eigenvalue weighted by atomic mass is 10.1. The van der Waals surface area contributed by atoms with E-state index in [1.165, 1.54) is 4.90 Å². The number of carbonyl (C=O) groups excluding carboxylic acids is 2. The van der Waals surface area contributed by atoms with Crippen LogP contribution in [0, 0.1) is 0 Å². The lowest BCUT2D eigenvalue weighted by Crippen LogP contribution is -2.34. The van der Waals surface area contributed by atoms with Gasteiger partial charge in [0.15, 0.2) is 0 Å². The molecule has 108 valence electrons. The van der Waals surface area contributed by atoms with E-state index in [1.807, 2.05) is 6.92 Å². The summed E-state index contributed by atoms with van der Waals surface area (Å²) in [5.74, 6) is -0.397. The lowest BCUT2D eigenvalue weighted by molar-refractivity contribution is 0.0646. The van der Waals surface area contributed by atoms with Gasteiger partial charge in [0.05, 0.1) is 17.7 Å². The SMILES string of the molecule is CCN(CCO)CCCN1C(=O)c2ccccc2C1=O. The maximum Gasteiger partial charge on any atom is 0.261 e. The number of fused-ring (bicyclic) bond motifs is 1. The van der Waals surface area contributed by atoms with Crippen molar-refractivity contribution in [2.75, 3.05) is 32.8 Å². The van der Waals surface area contributed by atoms with Crippen molar-refractivity contribution < 1.29 is 14.7 Å². The van der Waals surface area contributed by atoms with E-state index >= 15 is 0 Å². The van der Waals surface area contributed by atoms with Crippen molar-refractivity contribution in [3.05, 3.63) is 35.4 Å². The Balaban J connectivity index is 1.92. The van der Waals surface area contributed by atoms with Crippen LogP contribution in [-0.2, 0) is 0 Å². The molecule has 1 aromatic rings. The standard InChI is InChI=1S/C15H20N2O3/c1-2-16(10-11-18)8-5-9-17-14(19)12-6-3-4-7-13(12)15(17)20/h3-4,6-7,18H,2,5,8-11H2,1H3. The highest BCUT2D eigenvalue weighted by molar-refractivity contribution is 6.21. The monoisotopic (exact) mass is 276 g/mol. The highest BCUT2D eigenvalue weighted by Crippen LogP contribution is 2.22. The zero-order chi connectivity index (χ0) is 14.5. The molecule has 1 aromatic carbocycles. The fourth-order valence-corrected chi connectivity index (χ4v) is 2.46. The largest absolute Gasteiger partial charge is 0.395 e. The van der Waals surface area contributed by atoms with E-state index in [0.29, 0.717) is 24.2 Å². The number of aliphatic hydroxyl groups is 1. The summed E-state index contributed by atoms with van der Waals surface area (Å²) in [6, 6.07) is 6.93. The fraction of sp³-hybridized carbons (Fsp3) is 0.467. The summed E-state index contributed by atoms with van der Waals surface area (Å²) in [5, 5.41) is 8.92. The number of hydrogen-bond acceptors (Lipinski definition) is 4. The predicted octanol–water partition coefficient (Wildman–Crippen LogP) is 0.987. The molecular formula is C15H20N2O3. The maximum absolute atomic E-state index is 12.1. The molecule has 0 saturated carbocycles. The number of rotatable bonds is 7. The number of amides is 2. The molecule has 2 rings (SSSR count). The maximum atomic E-state index is 12.1. The van der Waals surface area contributed by atoms with Crippen LogP contribution in [-0.4, -0.2) is 59.5 Å². The third-order valence-electron chi connectivity index (χ3n) is 3.60. The van der Waals surface area contributed by atoms with Crippen LogP contribution in [0.25, 0.3) is 0 Å². The van der Waals surface area contributed by atoms with Gasteiger partial charge < -0.3 is 10.0 Å². The van der Waals surface area contributed by atoms with Crippen molar-refractivity contribution >= 4 is 11.8 Å². The molecule has 0 atom stereocenters. The Kier molecular flexibility index (Phi) is 4.87. The van der Waals surface area contributed by atoms with Gasteiger partial charge in [0, 0.05) is 13.1 Å². The van der Waals surface area contributed by atoms with E-state index in [2.05, 4.69) is 4.90 Å². The molecule has 0 bridgehead atoms. The van der Waals surface area contributed by atoms with E-state index in [4.69, 9.17) is 5.11 Å². The van der Waals surface area contributed by atoms with Gasteiger partial charge in [-0.05, 0) is 31.6 Å². The van der Waals surface area contributed by atoms with Gasteiger partial charge in [-0.25, -0.2) is 0 Å². The average Bonchev–Trinajstić information content (AvgIpc) is 2.71. The van der Waals surface area contributed by atoms with Crippen LogP contribution in [0.2, 0.25) is 0 Å². The lowest BCUT2D eigenvalue weighted by Gasteiger charge is -2.20. The summed E-state index contributed by atoms with van der Waals surface area (Å²) in [7, 11) is 0. The Bertz CT molecular complexity index is 467. The van der Waals surface area contributed by atoms with E-state index in [0.717, 1.165) is 19.5 Å². The smallest absolute Gasteiger partial charge is 0.261 e. The van der Waals surface area contributed by atoms with Crippen LogP contribution in [0.5, 0.6) is 0 Å². The molecule has 0 spiro atoms. The summed E-state index contributed by atoms with van der Waals surface area (Å²) < 4.78 is 0. The van der Waals surface area contributed by atoms with E-state index in [9.17, 15) is 9.59 Å². The van der Waals surface area contributed by atoms with E-state index in [-0.39, 0.29) is 18.4 Å². The minimum absolute atomic E-state index is 0.126. The molecule has 0 unspecified atom stereocenters. The average molecular weight is 276 g/mol. The number of imide groups is 1. The highest BCUT2D eigenvalue weighted by atomic mass is 16.3. The molecule has 0 aliphatic carbocycles. The van der Waals surface area contributed by atoms with Crippen LogP contribution in [0.4, 0.5) is 0 Å². The predicted molar refractivity (Wildman–Crippen MR) is 75.6 cm³/mol. The Morgan fingerprint density at radius 2 is 1.70 bits per heavy atom. The van der Waals surface area contributed by atoms with Gasteiger partial charge in [-0.1, -0.05) is 19.1 Å². The third kappa shape index (κ3) is 2.89. The van der Waals surface area contributed by atoms with Crippen LogP contribution in [0.15, 0.2) is 24.3 Å². The first-order valence-corrected chi connectivity index (χ1v) is 6.97. The molecule has 0 aromatic heterocycles. The first kappa shape index (κ1) is 14.7. The van der Waals surface area contributed by atoms with E-state index in [1.54, 1.807) is 24.3 Å². The second-order valence-corrected chi connectivity index (χ2v) is 4.82. The minimum atomic E-state index is -0.198. The first-order valence-electron chi connectivity index (χ1n) is 6.97. The highest BCUT2D eigenvalue weighted by Gasteiger charge is 2.34. The fourth-order valence-electron chi connectivity index (χ4n) is 2.46. The van der Waals surface area contributed by atoms with Crippen molar-refractivity contribution in [1.29, 1.82) is 0 Å². The Morgan fingerprint density at radius 1 is 1.10 bits per heavy atom. The molecule has 0 fully saturated rings. The van der Waals surface area contributed by atoms with Gasteiger partial charge in [-0.15, -0.1) is 0 Å². The third-order valence-corrected chi connectivity index (χ3v) is 3.60. The summed E-state index contributed by atoms with van der Waals surface area (Å²) in [6.07, 6.45) is 0.722. The molecule has 0 radical (unpaired) electrons.